The van der Waals surface area contributed by atoms with Crippen molar-refractivity contribution in [3.8, 4) is 0 Å². The van der Waals surface area contributed by atoms with E-state index in [4.69, 9.17) is 11.6 Å². The molecular weight excluding hydrogens is 231 g/mol. The van der Waals surface area contributed by atoms with E-state index in [0.29, 0.717) is 22.6 Å². The molecule has 1 rings (SSSR count). The molecule has 0 bridgehead atoms. The topological polar surface area (TPSA) is 41.1 Å². The van der Waals surface area contributed by atoms with Crippen molar-refractivity contribution in [3.05, 3.63) is 34.1 Å². The van der Waals surface area contributed by atoms with Crippen molar-refractivity contribution in [2.75, 3.05) is 7.05 Å². The quantitative estimate of drug-likeness (QED) is 0.796. The molecule has 0 spiro atoms. The van der Waals surface area contributed by atoms with Crippen LogP contribution in [0.25, 0.3) is 0 Å². The maximum Gasteiger partial charge on any atom is 0.234 e. The lowest BCUT2D eigenvalue weighted by molar-refractivity contribution is -0.121. The Labute approximate surface area is 99.0 Å². The van der Waals surface area contributed by atoms with E-state index in [-0.39, 0.29) is 18.1 Å². The summed E-state index contributed by atoms with van der Waals surface area (Å²) in [7, 11) is 1.61. The Hall–Kier alpha value is -1.13. The molecule has 0 fully saturated rings. The standard InChI is InChI=1S/C11H14ClFN2O/c1-7-5-9(12)8(6-10(7)13)3-4-11(16)15-14-2/h5-6,14H,3-4H2,1-2H3,(H,15,16). The van der Waals surface area contributed by atoms with E-state index in [2.05, 4.69) is 10.9 Å². The predicted octanol–water partition coefficient (Wildman–Crippen LogP) is 1.97. The van der Waals surface area contributed by atoms with Gasteiger partial charge in [0.25, 0.3) is 0 Å². The van der Waals surface area contributed by atoms with E-state index in [1.807, 2.05) is 0 Å². The molecule has 5 heteroatoms. The Morgan fingerprint density at radius 3 is 2.81 bits per heavy atom. The van der Waals surface area contributed by atoms with Crippen LogP contribution < -0.4 is 10.9 Å². The second-order valence-corrected chi connectivity index (χ2v) is 3.90. The fourth-order valence-electron chi connectivity index (χ4n) is 1.33. The molecule has 1 aromatic rings. The van der Waals surface area contributed by atoms with Gasteiger partial charge in [0.15, 0.2) is 0 Å². The molecule has 0 aliphatic carbocycles. The highest BCUT2D eigenvalue weighted by molar-refractivity contribution is 6.31. The van der Waals surface area contributed by atoms with Crippen LogP contribution in [0.5, 0.6) is 0 Å². The minimum absolute atomic E-state index is 0.153. The van der Waals surface area contributed by atoms with Crippen LogP contribution in [0.4, 0.5) is 4.39 Å². The van der Waals surface area contributed by atoms with Crippen LogP contribution in [0.3, 0.4) is 0 Å². The van der Waals surface area contributed by atoms with E-state index in [1.54, 1.807) is 20.0 Å². The fourth-order valence-corrected chi connectivity index (χ4v) is 1.64. The second kappa shape index (κ2) is 5.82. The monoisotopic (exact) mass is 244 g/mol. The summed E-state index contributed by atoms with van der Waals surface area (Å²) in [5.41, 5.74) is 6.12. The molecule has 3 nitrogen and oxygen atoms in total. The summed E-state index contributed by atoms with van der Waals surface area (Å²) < 4.78 is 13.3. The summed E-state index contributed by atoms with van der Waals surface area (Å²) in [5.74, 6) is -0.451. The van der Waals surface area contributed by atoms with Gasteiger partial charge in [-0.25, -0.2) is 9.82 Å². The molecule has 0 saturated carbocycles. The molecular formula is C11H14ClFN2O. The van der Waals surface area contributed by atoms with E-state index in [0.717, 1.165) is 0 Å². The largest absolute Gasteiger partial charge is 0.292 e. The van der Waals surface area contributed by atoms with Crippen molar-refractivity contribution in [2.45, 2.75) is 19.8 Å². The molecule has 0 aromatic heterocycles. The van der Waals surface area contributed by atoms with Crippen molar-refractivity contribution in [3.63, 3.8) is 0 Å². The lowest BCUT2D eigenvalue weighted by Gasteiger charge is -2.06. The third kappa shape index (κ3) is 3.47. The number of aryl methyl sites for hydroxylation is 2. The van der Waals surface area contributed by atoms with Gasteiger partial charge in [0.1, 0.15) is 5.82 Å². The number of nitrogens with one attached hydrogen (secondary N) is 2. The zero-order chi connectivity index (χ0) is 12.1. The Morgan fingerprint density at radius 2 is 2.19 bits per heavy atom. The fraction of sp³-hybridized carbons (Fsp3) is 0.364. The molecule has 0 saturated heterocycles. The highest BCUT2D eigenvalue weighted by atomic mass is 35.5. The van der Waals surface area contributed by atoms with Crippen LogP contribution in [-0.4, -0.2) is 13.0 Å². The normalized spacial score (nSPS) is 10.2. The van der Waals surface area contributed by atoms with Gasteiger partial charge in [-0.05, 0) is 36.6 Å². The van der Waals surface area contributed by atoms with Gasteiger partial charge in [-0.15, -0.1) is 0 Å². The molecule has 0 heterocycles. The van der Waals surface area contributed by atoms with E-state index in [1.165, 1.54) is 6.07 Å². The molecule has 88 valence electrons. The summed E-state index contributed by atoms with van der Waals surface area (Å²) in [6, 6.07) is 2.95. The van der Waals surface area contributed by atoms with Gasteiger partial charge in [0.2, 0.25) is 5.91 Å². The SMILES string of the molecule is CNNC(=O)CCc1cc(F)c(C)cc1Cl. The third-order valence-electron chi connectivity index (χ3n) is 2.21. The van der Waals surface area contributed by atoms with Crippen molar-refractivity contribution in [2.24, 2.45) is 0 Å². The maximum absolute atomic E-state index is 13.3. The lowest BCUT2D eigenvalue weighted by Crippen LogP contribution is -2.34. The summed E-state index contributed by atoms with van der Waals surface area (Å²) >= 11 is 5.95. The zero-order valence-corrected chi connectivity index (χ0v) is 9.99. The first-order valence-electron chi connectivity index (χ1n) is 4.94. The number of carbonyl (C=O) groups is 1. The van der Waals surface area contributed by atoms with Crippen molar-refractivity contribution >= 4 is 17.5 Å². The lowest BCUT2D eigenvalue weighted by atomic mass is 10.1. The number of hydrogen-bond donors (Lipinski definition) is 2. The van der Waals surface area contributed by atoms with E-state index < -0.39 is 0 Å². The van der Waals surface area contributed by atoms with Gasteiger partial charge in [0, 0.05) is 18.5 Å². The summed E-state index contributed by atoms with van der Waals surface area (Å²) in [5, 5.41) is 0.496. The average Bonchev–Trinajstić information content (AvgIpc) is 2.22. The summed E-state index contributed by atoms with van der Waals surface area (Å²) in [6.07, 6.45) is 0.687. The molecule has 0 radical (unpaired) electrons. The van der Waals surface area contributed by atoms with Crippen LogP contribution in [-0.2, 0) is 11.2 Å². The van der Waals surface area contributed by atoms with Gasteiger partial charge in [0.05, 0.1) is 0 Å². The smallest absolute Gasteiger partial charge is 0.234 e. The van der Waals surface area contributed by atoms with Crippen LogP contribution in [0, 0.1) is 12.7 Å². The number of benzene rings is 1. The second-order valence-electron chi connectivity index (χ2n) is 3.49. The Kier molecular flexibility index (Phi) is 4.71. The molecule has 0 atom stereocenters. The maximum atomic E-state index is 13.3. The molecule has 1 aromatic carbocycles. The van der Waals surface area contributed by atoms with Crippen LogP contribution in [0.2, 0.25) is 5.02 Å². The van der Waals surface area contributed by atoms with Crippen LogP contribution in [0.15, 0.2) is 12.1 Å². The highest BCUT2D eigenvalue weighted by Crippen LogP contribution is 2.21. The van der Waals surface area contributed by atoms with Crippen molar-refractivity contribution < 1.29 is 9.18 Å². The molecule has 0 aliphatic heterocycles. The molecule has 0 unspecified atom stereocenters. The van der Waals surface area contributed by atoms with E-state index in [9.17, 15) is 9.18 Å². The van der Waals surface area contributed by atoms with Gasteiger partial charge in [-0.1, -0.05) is 11.6 Å². The molecule has 16 heavy (non-hydrogen) atoms. The van der Waals surface area contributed by atoms with Gasteiger partial charge < -0.3 is 0 Å². The first-order valence-corrected chi connectivity index (χ1v) is 5.32. The number of rotatable bonds is 4. The van der Waals surface area contributed by atoms with Crippen LogP contribution in [0.1, 0.15) is 17.5 Å². The van der Waals surface area contributed by atoms with E-state index >= 15 is 0 Å². The Balaban J connectivity index is 2.67. The summed E-state index contributed by atoms with van der Waals surface area (Å²) in [6.45, 7) is 1.65. The van der Waals surface area contributed by atoms with Gasteiger partial charge >= 0.3 is 0 Å². The number of halogens is 2. The predicted molar refractivity (Wildman–Crippen MR) is 61.7 cm³/mol. The van der Waals surface area contributed by atoms with Gasteiger partial charge in [-0.3, -0.25) is 10.2 Å². The highest BCUT2D eigenvalue weighted by Gasteiger charge is 2.07. The minimum atomic E-state index is -0.298. The minimum Gasteiger partial charge on any atom is -0.292 e. The first kappa shape index (κ1) is 12.9. The first-order chi connectivity index (χ1) is 7.54. The Bertz CT molecular complexity index is 396. The zero-order valence-electron chi connectivity index (χ0n) is 9.23. The number of amides is 1. The molecule has 1 amide bonds. The summed E-state index contributed by atoms with van der Waals surface area (Å²) in [4.78, 5) is 11.2. The third-order valence-corrected chi connectivity index (χ3v) is 2.57. The number of hydrazine groups is 1. The van der Waals surface area contributed by atoms with Crippen LogP contribution >= 0.6 is 11.6 Å². The Morgan fingerprint density at radius 1 is 1.50 bits per heavy atom. The average molecular weight is 245 g/mol. The van der Waals surface area contributed by atoms with Gasteiger partial charge in [-0.2, -0.15) is 0 Å². The molecule has 2 N–H and O–H groups in total. The van der Waals surface area contributed by atoms with Crippen molar-refractivity contribution in [1.29, 1.82) is 0 Å². The number of hydrogen-bond acceptors (Lipinski definition) is 2. The molecule has 0 aliphatic rings. The number of carbonyl (C=O) groups excluding carboxylic acids is 1. The van der Waals surface area contributed by atoms with Crippen molar-refractivity contribution in [1.82, 2.24) is 10.9 Å².